The van der Waals surface area contributed by atoms with Gasteiger partial charge < -0.3 is 16.0 Å². The lowest BCUT2D eigenvalue weighted by Gasteiger charge is -2.34. The average molecular weight is 344 g/mol. The molecule has 0 saturated carbocycles. The van der Waals surface area contributed by atoms with Crippen LogP contribution in [-0.2, 0) is 4.79 Å². The second-order valence-corrected chi connectivity index (χ2v) is 5.51. The lowest BCUT2D eigenvalue weighted by molar-refractivity contribution is -0.383. The highest BCUT2D eigenvalue weighted by Crippen LogP contribution is 2.23. The van der Waals surface area contributed by atoms with E-state index >= 15 is 0 Å². The number of amides is 1. The Morgan fingerprint density at radius 1 is 1.36 bits per heavy atom. The van der Waals surface area contributed by atoms with Crippen LogP contribution >= 0.6 is 0 Å². The van der Waals surface area contributed by atoms with E-state index in [9.17, 15) is 20.2 Å². The van der Waals surface area contributed by atoms with E-state index in [0.717, 1.165) is 6.54 Å². The molecule has 1 fully saturated rings. The van der Waals surface area contributed by atoms with Gasteiger partial charge in [-0.2, -0.15) is 5.26 Å². The summed E-state index contributed by atoms with van der Waals surface area (Å²) in [5, 5.41) is 22.9. The Balaban J connectivity index is 2.05. The number of nitrogens with zero attached hydrogens (tertiary/aromatic N) is 4. The number of carbonyl (C=O) groups is 1. The first-order valence-corrected chi connectivity index (χ1v) is 7.88. The minimum absolute atomic E-state index is 0.0922. The van der Waals surface area contributed by atoms with Gasteiger partial charge in [-0.3, -0.25) is 19.8 Å². The smallest absolute Gasteiger partial charge is 0.292 e. The molecule has 25 heavy (non-hydrogen) atoms. The van der Waals surface area contributed by atoms with E-state index in [1.54, 1.807) is 17.0 Å². The number of nitrogens with two attached hydrogens (primary N) is 1. The lowest BCUT2D eigenvalue weighted by atomic mass is 10.2. The summed E-state index contributed by atoms with van der Waals surface area (Å²) in [6.45, 7) is 3.80. The average Bonchev–Trinajstić information content (AvgIpc) is 2.63. The SMILES string of the molecule is N#C/C(=C/Nc1ccccc1[N+](=O)[O-])C(=O)N1CCN(CCN)CC1. The molecule has 3 N–H and O–H groups in total. The topological polar surface area (TPSA) is 129 Å². The number of benzene rings is 1. The van der Waals surface area contributed by atoms with Crippen LogP contribution in [0.15, 0.2) is 36.0 Å². The van der Waals surface area contributed by atoms with Crippen LogP contribution in [0.4, 0.5) is 11.4 Å². The van der Waals surface area contributed by atoms with Gasteiger partial charge in [-0.25, -0.2) is 0 Å². The fourth-order valence-corrected chi connectivity index (χ4v) is 2.57. The van der Waals surface area contributed by atoms with E-state index in [4.69, 9.17) is 5.73 Å². The molecule has 9 nitrogen and oxygen atoms in total. The van der Waals surface area contributed by atoms with E-state index in [0.29, 0.717) is 32.7 Å². The molecule has 0 aliphatic carbocycles. The highest BCUT2D eigenvalue weighted by molar-refractivity contribution is 5.97. The third-order valence-corrected chi connectivity index (χ3v) is 3.93. The van der Waals surface area contributed by atoms with Crippen molar-refractivity contribution < 1.29 is 9.72 Å². The Hall–Kier alpha value is -2.96. The molecule has 0 spiro atoms. The normalized spacial score (nSPS) is 15.5. The zero-order valence-corrected chi connectivity index (χ0v) is 13.7. The molecule has 132 valence electrons. The van der Waals surface area contributed by atoms with Crippen LogP contribution in [0.2, 0.25) is 0 Å². The number of hydrogen-bond donors (Lipinski definition) is 2. The Bertz CT molecular complexity index is 704. The predicted octanol–water partition coefficient (Wildman–Crippen LogP) is 0.517. The number of nitriles is 1. The predicted molar refractivity (Wildman–Crippen MR) is 92.5 cm³/mol. The molecule has 1 aromatic carbocycles. The van der Waals surface area contributed by atoms with Gasteiger partial charge in [-0.1, -0.05) is 12.1 Å². The molecule has 0 aromatic heterocycles. The number of nitro benzene ring substituents is 1. The number of anilines is 1. The van der Waals surface area contributed by atoms with Crippen molar-refractivity contribution in [3.05, 3.63) is 46.2 Å². The summed E-state index contributed by atoms with van der Waals surface area (Å²) in [4.78, 5) is 26.7. The number of para-hydroxylation sites is 2. The lowest BCUT2D eigenvalue weighted by Crippen LogP contribution is -2.50. The number of nitrogens with one attached hydrogen (secondary N) is 1. The van der Waals surface area contributed by atoms with Crippen LogP contribution in [0, 0.1) is 21.4 Å². The van der Waals surface area contributed by atoms with Crippen molar-refractivity contribution in [3.8, 4) is 6.07 Å². The van der Waals surface area contributed by atoms with Gasteiger partial charge >= 0.3 is 0 Å². The summed E-state index contributed by atoms with van der Waals surface area (Å²) in [5.74, 6) is -0.388. The van der Waals surface area contributed by atoms with Crippen LogP contribution in [0.25, 0.3) is 0 Å². The summed E-state index contributed by atoms with van der Waals surface area (Å²) >= 11 is 0. The Morgan fingerprint density at radius 2 is 2.04 bits per heavy atom. The highest BCUT2D eigenvalue weighted by atomic mass is 16.6. The molecule has 1 heterocycles. The zero-order valence-electron chi connectivity index (χ0n) is 13.7. The maximum Gasteiger partial charge on any atom is 0.292 e. The minimum atomic E-state index is -0.527. The third-order valence-electron chi connectivity index (χ3n) is 3.93. The van der Waals surface area contributed by atoms with Crippen LogP contribution in [0.1, 0.15) is 0 Å². The number of rotatable bonds is 6. The molecule has 1 aliphatic rings. The van der Waals surface area contributed by atoms with Crippen LogP contribution in [-0.4, -0.2) is 59.9 Å². The zero-order chi connectivity index (χ0) is 18.2. The summed E-state index contributed by atoms with van der Waals surface area (Å²) in [5.41, 5.74) is 5.53. The first kappa shape index (κ1) is 18.4. The van der Waals surface area contributed by atoms with E-state index in [1.807, 2.05) is 6.07 Å². The second-order valence-electron chi connectivity index (χ2n) is 5.51. The summed E-state index contributed by atoms with van der Waals surface area (Å²) in [7, 11) is 0. The maximum absolute atomic E-state index is 12.5. The molecule has 0 atom stereocenters. The van der Waals surface area contributed by atoms with Crippen molar-refractivity contribution >= 4 is 17.3 Å². The molecule has 1 amide bonds. The summed E-state index contributed by atoms with van der Waals surface area (Å²) in [6.07, 6.45) is 1.22. The second kappa shape index (κ2) is 8.77. The van der Waals surface area contributed by atoms with E-state index in [1.165, 1.54) is 18.3 Å². The minimum Gasteiger partial charge on any atom is -0.355 e. The van der Waals surface area contributed by atoms with E-state index in [-0.39, 0.29) is 22.9 Å². The van der Waals surface area contributed by atoms with Gasteiger partial charge in [0.05, 0.1) is 4.92 Å². The monoisotopic (exact) mass is 344 g/mol. The number of hydrogen-bond acceptors (Lipinski definition) is 7. The molecule has 1 aromatic rings. The summed E-state index contributed by atoms with van der Waals surface area (Å²) < 4.78 is 0. The van der Waals surface area contributed by atoms with Gasteiger partial charge in [-0.15, -0.1) is 0 Å². The van der Waals surface area contributed by atoms with E-state index in [2.05, 4.69) is 10.2 Å². The fourth-order valence-electron chi connectivity index (χ4n) is 2.57. The first-order valence-electron chi connectivity index (χ1n) is 7.88. The van der Waals surface area contributed by atoms with Gasteiger partial charge in [0.2, 0.25) is 0 Å². The molecular weight excluding hydrogens is 324 g/mol. The molecular formula is C16H20N6O3. The third kappa shape index (κ3) is 4.76. The van der Waals surface area contributed by atoms with Gasteiger partial charge in [0, 0.05) is 51.5 Å². The standard InChI is InChI=1S/C16H20N6O3/c17-5-6-20-7-9-21(10-8-20)16(23)13(11-18)12-19-14-3-1-2-4-15(14)22(24)25/h1-4,12,19H,5-10,17H2/b13-12-. The fraction of sp³-hybridized carbons (Fsp3) is 0.375. The molecule has 9 heteroatoms. The number of piperazine rings is 1. The quantitative estimate of drug-likeness (QED) is 0.333. The van der Waals surface area contributed by atoms with Crippen molar-refractivity contribution in [2.75, 3.05) is 44.6 Å². The molecule has 1 aliphatic heterocycles. The van der Waals surface area contributed by atoms with Crippen LogP contribution in [0.3, 0.4) is 0 Å². The van der Waals surface area contributed by atoms with Gasteiger partial charge in [-0.05, 0) is 6.07 Å². The van der Waals surface area contributed by atoms with Crippen molar-refractivity contribution in [3.63, 3.8) is 0 Å². The first-order chi connectivity index (χ1) is 12.1. The van der Waals surface area contributed by atoms with Gasteiger partial charge in [0.25, 0.3) is 11.6 Å². The van der Waals surface area contributed by atoms with Gasteiger partial charge in [0.1, 0.15) is 17.3 Å². The van der Waals surface area contributed by atoms with E-state index < -0.39 is 4.92 Å². The number of carbonyl (C=O) groups excluding carboxylic acids is 1. The van der Waals surface area contributed by atoms with Crippen molar-refractivity contribution in [2.45, 2.75) is 0 Å². The molecule has 0 bridgehead atoms. The molecule has 1 saturated heterocycles. The summed E-state index contributed by atoms with van der Waals surface area (Å²) in [6, 6.07) is 7.90. The molecule has 0 unspecified atom stereocenters. The van der Waals surface area contributed by atoms with Crippen molar-refractivity contribution in [2.24, 2.45) is 5.73 Å². The Kier molecular flexibility index (Phi) is 6.45. The van der Waals surface area contributed by atoms with Crippen LogP contribution in [0.5, 0.6) is 0 Å². The largest absolute Gasteiger partial charge is 0.355 e. The molecule has 0 radical (unpaired) electrons. The number of nitro groups is 1. The molecule has 2 rings (SSSR count). The Morgan fingerprint density at radius 3 is 2.64 bits per heavy atom. The highest BCUT2D eigenvalue weighted by Gasteiger charge is 2.23. The Labute approximate surface area is 145 Å². The van der Waals surface area contributed by atoms with Gasteiger partial charge in [0.15, 0.2) is 0 Å². The van der Waals surface area contributed by atoms with Crippen LogP contribution < -0.4 is 11.1 Å². The van der Waals surface area contributed by atoms with Crippen molar-refractivity contribution in [1.82, 2.24) is 9.80 Å². The maximum atomic E-state index is 12.5. The van der Waals surface area contributed by atoms with Crippen molar-refractivity contribution in [1.29, 1.82) is 5.26 Å².